The summed E-state index contributed by atoms with van der Waals surface area (Å²) in [4.78, 5) is 25.4. The number of carbonyl (C=O) groups excluding carboxylic acids is 2. The van der Waals surface area contributed by atoms with E-state index in [0.717, 1.165) is 11.1 Å². The Morgan fingerprint density at radius 1 is 0.897 bits per heavy atom. The van der Waals surface area contributed by atoms with Crippen LogP contribution in [0.15, 0.2) is 77.3 Å². The van der Waals surface area contributed by atoms with Gasteiger partial charge in [-0.3, -0.25) is 4.79 Å². The summed E-state index contributed by atoms with van der Waals surface area (Å²) in [5.74, 6) is 0.0750. The molecule has 0 aliphatic carbocycles. The number of benzene rings is 3. The second-order valence-electron chi connectivity index (χ2n) is 6.31. The maximum atomic E-state index is 12.8. The highest BCUT2D eigenvalue weighted by molar-refractivity contribution is 9.10. The van der Waals surface area contributed by atoms with Crippen molar-refractivity contribution in [1.29, 1.82) is 0 Å². The van der Waals surface area contributed by atoms with E-state index in [1.807, 2.05) is 37.3 Å². The largest absolute Gasteiger partial charge is 0.496 e. The predicted octanol–water partition coefficient (Wildman–Crippen LogP) is 5.88. The summed E-state index contributed by atoms with van der Waals surface area (Å²) >= 11 is 3.34. The molecule has 0 radical (unpaired) electrons. The number of allylic oxidation sites excluding steroid dienone is 1. The molecule has 0 aliphatic heterocycles. The molecule has 0 N–H and O–H groups in total. The highest BCUT2D eigenvalue weighted by Gasteiger charge is 2.17. The smallest absolute Gasteiger partial charge is 0.344 e. The normalized spacial score (nSPS) is 10.7. The van der Waals surface area contributed by atoms with Gasteiger partial charge in [-0.25, -0.2) is 4.79 Å². The van der Waals surface area contributed by atoms with E-state index < -0.39 is 5.97 Å². The van der Waals surface area contributed by atoms with Gasteiger partial charge < -0.3 is 9.47 Å². The zero-order valence-electron chi connectivity index (χ0n) is 16.0. The molecular weight excluding hydrogens is 432 g/mol. The van der Waals surface area contributed by atoms with Crippen molar-refractivity contribution < 1.29 is 19.1 Å². The van der Waals surface area contributed by atoms with Crippen molar-refractivity contribution >= 4 is 33.8 Å². The van der Waals surface area contributed by atoms with Gasteiger partial charge in [-0.05, 0) is 65.3 Å². The Balaban J connectivity index is 1.88. The van der Waals surface area contributed by atoms with Crippen LogP contribution in [0.3, 0.4) is 0 Å². The molecular formula is C24H19BrO4. The van der Waals surface area contributed by atoms with Crippen molar-refractivity contribution in [3.05, 3.63) is 99.5 Å². The van der Waals surface area contributed by atoms with Crippen molar-refractivity contribution in [3.63, 3.8) is 0 Å². The van der Waals surface area contributed by atoms with E-state index in [1.165, 1.54) is 6.08 Å². The number of ether oxygens (including phenoxy) is 2. The van der Waals surface area contributed by atoms with Crippen LogP contribution in [0.1, 0.15) is 31.8 Å². The molecule has 0 aliphatic rings. The van der Waals surface area contributed by atoms with Gasteiger partial charge in [0.1, 0.15) is 11.5 Å². The molecule has 3 aromatic carbocycles. The van der Waals surface area contributed by atoms with Crippen LogP contribution in [0.25, 0.3) is 6.08 Å². The molecule has 0 saturated heterocycles. The zero-order valence-corrected chi connectivity index (χ0v) is 17.6. The quantitative estimate of drug-likeness (QED) is 0.203. The minimum atomic E-state index is -0.538. The van der Waals surface area contributed by atoms with Crippen LogP contribution in [0, 0.1) is 6.92 Å². The first kappa shape index (κ1) is 20.6. The van der Waals surface area contributed by atoms with Gasteiger partial charge in [-0.15, -0.1) is 0 Å². The van der Waals surface area contributed by atoms with E-state index in [1.54, 1.807) is 49.6 Å². The molecule has 0 bridgehead atoms. The van der Waals surface area contributed by atoms with Crippen molar-refractivity contribution in [1.82, 2.24) is 0 Å². The second-order valence-corrected chi connectivity index (χ2v) is 7.16. The van der Waals surface area contributed by atoms with Gasteiger partial charge in [0, 0.05) is 10.0 Å². The summed E-state index contributed by atoms with van der Waals surface area (Å²) in [7, 11) is 1.58. The van der Waals surface area contributed by atoms with E-state index >= 15 is 0 Å². The molecule has 0 unspecified atom stereocenters. The van der Waals surface area contributed by atoms with Crippen molar-refractivity contribution in [3.8, 4) is 11.5 Å². The molecule has 29 heavy (non-hydrogen) atoms. The first-order valence-electron chi connectivity index (χ1n) is 8.92. The minimum absolute atomic E-state index is 0.214. The van der Waals surface area contributed by atoms with E-state index in [-0.39, 0.29) is 11.5 Å². The third-order valence-electron chi connectivity index (χ3n) is 4.25. The second kappa shape index (κ2) is 9.34. The van der Waals surface area contributed by atoms with Crippen LogP contribution in [-0.2, 0) is 0 Å². The van der Waals surface area contributed by atoms with Crippen LogP contribution in [0.4, 0.5) is 0 Å². The third-order valence-corrected chi connectivity index (χ3v) is 4.94. The summed E-state index contributed by atoms with van der Waals surface area (Å²) in [6.07, 6.45) is 3.13. The first-order chi connectivity index (χ1) is 14.0. The Kier molecular flexibility index (Phi) is 6.62. The Hall–Kier alpha value is -3.18. The molecule has 0 atom stereocenters. The number of rotatable bonds is 6. The fourth-order valence-electron chi connectivity index (χ4n) is 2.77. The number of esters is 1. The van der Waals surface area contributed by atoms with Crippen LogP contribution in [-0.4, -0.2) is 18.9 Å². The fraction of sp³-hybridized carbons (Fsp3) is 0.0833. The van der Waals surface area contributed by atoms with Gasteiger partial charge in [0.15, 0.2) is 5.78 Å². The number of aryl methyl sites for hydroxylation is 1. The number of para-hydroxylation sites is 1. The molecule has 146 valence electrons. The average Bonchev–Trinajstić information content (AvgIpc) is 2.73. The number of carbonyl (C=O) groups is 2. The standard InChI is InChI=1S/C24H19BrO4/c1-16-11-14-23(29-24(27)18-8-4-5-9-20(18)25)19(15-16)21(26)13-12-17-7-3-6-10-22(17)28-2/h3-15H,1-2H3. The molecule has 0 aromatic heterocycles. The molecule has 0 spiro atoms. The summed E-state index contributed by atoms with van der Waals surface area (Å²) < 4.78 is 11.5. The van der Waals surface area contributed by atoms with Crippen LogP contribution in [0.2, 0.25) is 0 Å². The minimum Gasteiger partial charge on any atom is -0.496 e. The topological polar surface area (TPSA) is 52.6 Å². The highest BCUT2D eigenvalue weighted by Crippen LogP contribution is 2.25. The Morgan fingerprint density at radius 3 is 2.38 bits per heavy atom. The van der Waals surface area contributed by atoms with Gasteiger partial charge >= 0.3 is 5.97 Å². The molecule has 0 amide bonds. The van der Waals surface area contributed by atoms with Crippen molar-refractivity contribution in [2.24, 2.45) is 0 Å². The summed E-state index contributed by atoms with van der Waals surface area (Å²) in [5, 5.41) is 0. The van der Waals surface area contributed by atoms with Crippen molar-refractivity contribution in [2.45, 2.75) is 6.92 Å². The fourth-order valence-corrected chi connectivity index (χ4v) is 3.21. The average molecular weight is 451 g/mol. The van der Waals surface area contributed by atoms with E-state index in [9.17, 15) is 9.59 Å². The lowest BCUT2D eigenvalue weighted by Gasteiger charge is -2.10. The number of halogens is 1. The van der Waals surface area contributed by atoms with Gasteiger partial charge in [-0.1, -0.05) is 42.0 Å². The molecule has 3 aromatic rings. The lowest BCUT2D eigenvalue weighted by molar-refractivity contribution is 0.0732. The highest BCUT2D eigenvalue weighted by atomic mass is 79.9. The van der Waals surface area contributed by atoms with Gasteiger partial charge in [0.2, 0.25) is 0 Å². The van der Waals surface area contributed by atoms with E-state index in [4.69, 9.17) is 9.47 Å². The number of ketones is 1. The molecule has 0 heterocycles. The SMILES string of the molecule is COc1ccccc1C=CC(=O)c1cc(C)ccc1OC(=O)c1ccccc1Br. The number of hydrogen-bond acceptors (Lipinski definition) is 4. The van der Waals surface area contributed by atoms with E-state index in [2.05, 4.69) is 15.9 Å². The van der Waals surface area contributed by atoms with Gasteiger partial charge in [0.25, 0.3) is 0 Å². The van der Waals surface area contributed by atoms with Crippen LogP contribution < -0.4 is 9.47 Å². The first-order valence-corrected chi connectivity index (χ1v) is 9.71. The Bertz CT molecular complexity index is 1090. The lowest BCUT2D eigenvalue weighted by atomic mass is 10.0. The summed E-state index contributed by atoms with van der Waals surface area (Å²) in [5.41, 5.74) is 2.37. The van der Waals surface area contributed by atoms with Crippen molar-refractivity contribution in [2.75, 3.05) is 7.11 Å². The maximum absolute atomic E-state index is 12.8. The maximum Gasteiger partial charge on any atom is 0.344 e. The van der Waals surface area contributed by atoms with Gasteiger partial charge in [0.05, 0.1) is 18.2 Å². The number of methoxy groups -OCH3 is 1. The molecule has 5 heteroatoms. The summed E-state index contributed by atoms with van der Waals surface area (Å²) in [6, 6.07) is 19.5. The van der Waals surface area contributed by atoms with Crippen LogP contribution >= 0.6 is 15.9 Å². The summed E-state index contributed by atoms with van der Waals surface area (Å²) in [6.45, 7) is 1.88. The van der Waals surface area contributed by atoms with E-state index in [0.29, 0.717) is 21.3 Å². The molecule has 0 saturated carbocycles. The molecule has 3 rings (SSSR count). The predicted molar refractivity (Wildman–Crippen MR) is 117 cm³/mol. The Morgan fingerprint density at radius 2 is 1.62 bits per heavy atom. The lowest BCUT2D eigenvalue weighted by Crippen LogP contribution is -2.12. The number of hydrogen-bond donors (Lipinski definition) is 0. The third kappa shape index (κ3) is 5.00. The molecule has 4 nitrogen and oxygen atoms in total. The van der Waals surface area contributed by atoms with Gasteiger partial charge in [-0.2, -0.15) is 0 Å². The molecule has 0 fully saturated rings. The monoisotopic (exact) mass is 450 g/mol. The van der Waals surface area contributed by atoms with Crippen LogP contribution in [0.5, 0.6) is 11.5 Å². The Labute approximate surface area is 177 Å². The zero-order chi connectivity index (χ0) is 20.8.